The molecule has 0 saturated carbocycles. The highest BCUT2D eigenvalue weighted by atomic mass is 19.3. The average Bonchev–Trinajstić information content (AvgIpc) is 2.10. The fourth-order valence-electron chi connectivity index (χ4n) is 1.01. The number of carbonyl (C=O) groups is 2. The number of alkyl halides is 2. The van der Waals surface area contributed by atoms with Crippen molar-refractivity contribution in [1.29, 1.82) is 0 Å². The molecule has 0 spiro atoms. The zero-order chi connectivity index (χ0) is 14.7. The third-order valence-electron chi connectivity index (χ3n) is 1.93. The van der Waals surface area contributed by atoms with Gasteiger partial charge in [0, 0.05) is 0 Å². The minimum absolute atomic E-state index is 0.619. The van der Waals surface area contributed by atoms with Crippen molar-refractivity contribution in [1.82, 2.24) is 5.32 Å². The minimum Gasteiger partial charge on any atom is -0.480 e. The second kappa shape index (κ2) is 5.47. The summed E-state index contributed by atoms with van der Waals surface area (Å²) in [6.45, 7) is 5.18. The van der Waals surface area contributed by atoms with Crippen molar-refractivity contribution >= 4 is 12.1 Å². The molecule has 0 heterocycles. The van der Waals surface area contributed by atoms with Gasteiger partial charge in [0.05, 0.1) is 0 Å². The summed E-state index contributed by atoms with van der Waals surface area (Å²) in [5.74, 6) is -1.79. The lowest BCUT2D eigenvalue weighted by molar-refractivity contribution is -0.158. The van der Waals surface area contributed by atoms with E-state index in [0.717, 1.165) is 0 Å². The number of amides is 1. The molecule has 0 bridgehead atoms. The number of carbonyl (C=O) groups excluding carboxylic acids is 1. The Labute approximate surface area is 103 Å². The van der Waals surface area contributed by atoms with Crippen molar-refractivity contribution in [2.45, 2.75) is 51.4 Å². The van der Waals surface area contributed by atoms with Gasteiger partial charge in [0.15, 0.2) is 11.6 Å². The van der Waals surface area contributed by atoms with Gasteiger partial charge in [0.1, 0.15) is 5.60 Å². The number of alkyl carbamates (subject to hydrolysis) is 1. The van der Waals surface area contributed by atoms with E-state index in [1.54, 1.807) is 5.32 Å². The summed E-state index contributed by atoms with van der Waals surface area (Å²) in [4.78, 5) is 22.1. The van der Waals surface area contributed by atoms with Gasteiger partial charge in [-0.25, -0.2) is 18.4 Å². The van der Waals surface area contributed by atoms with Crippen molar-refractivity contribution in [2.24, 2.45) is 0 Å². The maximum absolute atomic E-state index is 12.5. The van der Waals surface area contributed by atoms with Gasteiger partial charge < -0.3 is 20.3 Å². The van der Waals surface area contributed by atoms with Crippen molar-refractivity contribution in [3.05, 3.63) is 0 Å². The van der Waals surface area contributed by atoms with Crippen LogP contribution in [0.4, 0.5) is 13.6 Å². The second-order valence-corrected chi connectivity index (χ2v) is 4.94. The molecule has 0 aliphatic heterocycles. The predicted octanol–water partition coefficient (Wildman–Crippen LogP) is 0.980. The molecule has 0 saturated heterocycles. The fourth-order valence-corrected chi connectivity index (χ4v) is 1.01. The molecular weight excluding hydrogens is 252 g/mol. The van der Waals surface area contributed by atoms with E-state index >= 15 is 0 Å². The summed E-state index contributed by atoms with van der Waals surface area (Å²) in [5, 5.41) is 19.8. The lowest BCUT2D eigenvalue weighted by atomic mass is 9.97. The molecule has 0 aromatic rings. The van der Waals surface area contributed by atoms with Gasteiger partial charge in [-0.2, -0.15) is 0 Å². The van der Waals surface area contributed by atoms with E-state index in [4.69, 9.17) is 9.84 Å². The van der Waals surface area contributed by atoms with Crippen LogP contribution >= 0.6 is 0 Å². The SMILES string of the molecule is CC(C)(C)OC(=O)N[C@@H](C(=O)O)[C@@](C)(O)C(F)F. The van der Waals surface area contributed by atoms with Crippen molar-refractivity contribution in [3.8, 4) is 0 Å². The van der Waals surface area contributed by atoms with Crippen LogP contribution in [0.25, 0.3) is 0 Å². The standard InChI is InChI=1S/C10H17F2NO5/c1-9(2,3)18-8(16)13-5(6(14)15)10(4,17)7(11)12/h5,7,17H,1-4H3,(H,13,16)(H,14,15)/t5-,10+/m0/s1. The van der Waals surface area contributed by atoms with Crippen LogP contribution in [0.3, 0.4) is 0 Å². The molecule has 106 valence electrons. The van der Waals surface area contributed by atoms with Crippen LogP contribution in [0, 0.1) is 0 Å². The highest BCUT2D eigenvalue weighted by Gasteiger charge is 2.46. The number of ether oxygens (including phenoxy) is 1. The molecule has 8 heteroatoms. The number of rotatable bonds is 4. The first-order valence-corrected chi connectivity index (χ1v) is 5.10. The Kier molecular flexibility index (Phi) is 5.03. The van der Waals surface area contributed by atoms with E-state index in [2.05, 4.69) is 0 Å². The number of halogens is 2. The van der Waals surface area contributed by atoms with Gasteiger partial charge in [-0.05, 0) is 27.7 Å². The first kappa shape index (κ1) is 16.6. The zero-order valence-electron chi connectivity index (χ0n) is 10.5. The lowest BCUT2D eigenvalue weighted by Gasteiger charge is -2.30. The molecule has 0 aliphatic carbocycles. The van der Waals surface area contributed by atoms with Gasteiger partial charge in [-0.3, -0.25) is 0 Å². The van der Waals surface area contributed by atoms with E-state index in [9.17, 15) is 23.5 Å². The molecule has 2 atom stereocenters. The normalized spacial score (nSPS) is 16.9. The molecule has 18 heavy (non-hydrogen) atoms. The minimum atomic E-state index is -3.34. The van der Waals surface area contributed by atoms with Gasteiger partial charge in [0.2, 0.25) is 0 Å². The van der Waals surface area contributed by atoms with Crippen LogP contribution in [-0.4, -0.2) is 45.9 Å². The Bertz CT molecular complexity index is 325. The first-order chi connectivity index (χ1) is 7.88. The first-order valence-electron chi connectivity index (χ1n) is 5.10. The predicted molar refractivity (Wildman–Crippen MR) is 57.4 cm³/mol. The van der Waals surface area contributed by atoms with Gasteiger partial charge in [-0.15, -0.1) is 0 Å². The summed E-state index contributed by atoms with van der Waals surface area (Å²) in [5.41, 5.74) is -3.81. The highest BCUT2D eigenvalue weighted by Crippen LogP contribution is 2.20. The number of hydrogen-bond donors (Lipinski definition) is 3. The monoisotopic (exact) mass is 269 g/mol. The van der Waals surface area contributed by atoms with Gasteiger partial charge in [0.25, 0.3) is 6.43 Å². The molecule has 0 unspecified atom stereocenters. The van der Waals surface area contributed by atoms with E-state index in [-0.39, 0.29) is 0 Å². The smallest absolute Gasteiger partial charge is 0.408 e. The number of aliphatic hydroxyl groups is 1. The topological polar surface area (TPSA) is 95.9 Å². The molecule has 0 aromatic heterocycles. The van der Waals surface area contributed by atoms with Crippen molar-refractivity contribution in [2.75, 3.05) is 0 Å². The Morgan fingerprint density at radius 1 is 1.22 bits per heavy atom. The fraction of sp³-hybridized carbons (Fsp3) is 0.800. The summed E-state index contributed by atoms with van der Waals surface area (Å²) in [6, 6.07) is -2.17. The Balaban J connectivity index is 4.87. The van der Waals surface area contributed by atoms with Crippen molar-refractivity contribution in [3.63, 3.8) is 0 Å². The zero-order valence-corrected chi connectivity index (χ0v) is 10.5. The maximum Gasteiger partial charge on any atom is 0.408 e. The molecule has 1 amide bonds. The Morgan fingerprint density at radius 3 is 1.94 bits per heavy atom. The summed E-state index contributed by atoms with van der Waals surface area (Å²) in [7, 11) is 0. The summed E-state index contributed by atoms with van der Waals surface area (Å²) < 4.78 is 29.7. The second-order valence-electron chi connectivity index (χ2n) is 4.94. The maximum atomic E-state index is 12.5. The molecule has 0 radical (unpaired) electrons. The van der Waals surface area contributed by atoms with E-state index in [1.165, 1.54) is 20.8 Å². The molecule has 0 rings (SSSR count). The molecule has 0 fully saturated rings. The number of nitrogens with one attached hydrogen (secondary N) is 1. The molecule has 0 aromatic carbocycles. The third kappa shape index (κ3) is 4.82. The van der Waals surface area contributed by atoms with Crippen LogP contribution in [0.1, 0.15) is 27.7 Å². The van der Waals surface area contributed by atoms with Gasteiger partial charge in [-0.1, -0.05) is 0 Å². The van der Waals surface area contributed by atoms with Gasteiger partial charge >= 0.3 is 12.1 Å². The van der Waals surface area contributed by atoms with Crippen LogP contribution in [0.2, 0.25) is 0 Å². The summed E-state index contributed by atoms with van der Waals surface area (Å²) >= 11 is 0. The summed E-state index contributed by atoms with van der Waals surface area (Å²) in [6.07, 6.45) is -4.54. The molecule has 0 aliphatic rings. The highest BCUT2D eigenvalue weighted by molar-refractivity contribution is 5.81. The van der Waals surface area contributed by atoms with Crippen LogP contribution < -0.4 is 5.32 Å². The Morgan fingerprint density at radius 2 is 1.67 bits per heavy atom. The van der Waals surface area contributed by atoms with E-state index in [1.807, 2.05) is 0 Å². The third-order valence-corrected chi connectivity index (χ3v) is 1.93. The Hall–Kier alpha value is -1.44. The quantitative estimate of drug-likeness (QED) is 0.707. The largest absolute Gasteiger partial charge is 0.480 e. The number of carboxylic acids is 1. The number of hydrogen-bond acceptors (Lipinski definition) is 4. The molecule has 6 nitrogen and oxygen atoms in total. The number of carboxylic acid groups (broad SMARTS) is 1. The van der Waals surface area contributed by atoms with Crippen LogP contribution in [0.5, 0.6) is 0 Å². The lowest BCUT2D eigenvalue weighted by Crippen LogP contribution is -2.59. The van der Waals surface area contributed by atoms with Crippen molar-refractivity contribution < 1.29 is 33.3 Å². The van der Waals surface area contributed by atoms with E-state index in [0.29, 0.717) is 6.92 Å². The number of aliphatic carboxylic acids is 1. The van der Waals surface area contributed by atoms with E-state index < -0.39 is 35.7 Å². The average molecular weight is 269 g/mol. The molecule has 3 N–H and O–H groups in total. The van der Waals surface area contributed by atoms with Crippen LogP contribution in [0.15, 0.2) is 0 Å². The van der Waals surface area contributed by atoms with Crippen LogP contribution in [-0.2, 0) is 9.53 Å². The molecular formula is C10H17F2NO5.